The van der Waals surface area contributed by atoms with E-state index >= 15 is 0 Å². The van der Waals surface area contributed by atoms with Crippen LogP contribution in [-0.2, 0) is 10.0 Å². The summed E-state index contributed by atoms with van der Waals surface area (Å²) in [4.78, 5) is 0. The normalized spacial score (nSPS) is 31.7. The van der Waals surface area contributed by atoms with E-state index in [9.17, 15) is 8.42 Å². The molecule has 0 N–H and O–H groups in total. The highest BCUT2D eigenvalue weighted by molar-refractivity contribution is 7.92. The van der Waals surface area contributed by atoms with Crippen molar-refractivity contribution in [1.29, 1.82) is 0 Å². The second-order valence-corrected chi connectivity index (χ2v) is 9.79. The van der Waals surface area contributed by atoms with Crippen molar-refractivity contribution >= 4 is 16.1 Å². The summed E-state index contributed by atoms with van der Waals surface area (Å²) in [5.74, 6) is 0. The van der Waals surface area contributed by atoms with E-state index in [4.69, 9.17) is 0 Å². The van der Waals surface area contributed by atoms with Crippen molar-refractivity contribution in [2.24, 2.45) is 10.8 Å². The summed E-state index contributed by atoms with van der Waals surface area (Å²) in [5.41, 5.74) is 1.27. The second kappa shape index (κ2) is 5.20. The maximum atomic E-state index is 12.7. The van der Waals surface area contributed by atoms with E-state index in [1.54, 1.807) is 10.4 Å². The van der Waals surface area contributed by atoms with Crippen molar-refractivity contribution in [3.05, 3.63) is 41.3 Å². The standard InChI is InChI=1S/C18H25NO2S/c1-17(2)11-16-12-18(3,13-17)14-19(16)22(20,21)10-9-15-7-5-4-6-8-15/h4-10,16H,11-14H2,1-3H3/b10-9+. The van der Waals surface area contributed by atoms with Crippen LogP contribution in [0.4, 0.5) is 0 Å². The van der Waals surface area contributed by atoms with Crippen molar-refractivity contribution in [1.82, 2.24) is 4.31 Å². The molecule has 2 aliphatic rings. The fourth-order valence-electron chi connectivity index (χ4n) is 4.51. The predicted molar refractivity (Wildman–Crippen MR) is 90.6 cm³/mol. The van der Waals surface area contributed by atoms with Crippen LogP contribution in [0.25, 0.3) is 6.08 Å². The van der Waals surface area contributed by atoms with Crippen LogP contribution in [-0.4, -0.2) is 25.3 Å². The molecule has 1 aromatic carbocycles. The first-order chi connectivity index (χ1) is 10.2. The second-order valence-electron chi connectivity index (χ2n) is 8.02. The molecular formula is C18H25NO2S. The zero-order valence-corrected chi connectivity index (χ0v) is 14.4. The van der Waals surface area contributed by atoms with Gasteiger partial charge in [0, 0.05) is 18.0 Å². The molecule has 0 aromatic heterocycles. The van der Waals surface area contributed by atoms with E-state index in [0.29, 0.717) is 6.54 Å². The van der Waals surface area contributed by atoms with E-state index in [2.05, 4.69) is 20.8 Å². The molecule has 1 saturated heterocycles. The Hall–Kier alpha value is -1.13. The van der Waals surface area contributed by atoms with Crippen molar-refractivity contribution in [3.63, 3.8) is 0 Å². The molecular weight excluding hydrogens is 294 g/mol. The summed E-state index contributed by atoms with van der Waals surface area (Å²) in [6.45, 7) is 7.40. The van der Waals surface area contributed by atoms with Gasteiger partial charge in [0.25, 0.3) is 0 Å². The fraction of sp³-hybridized carbons (Fsp3) is 0.556. The number of benzene rings is 1. The summed E-state index contributed by atoms with van der Waals surface area (Å²) in [6.07, 6.45) is 4.76. The van der Waals surface area contributed by atoms with Gasteiger partial charge in [-0.05, 0) is 41.7 Å². The molecule has 3 rings (SSSR count). The highest BCUT2D eigenvalue weighted by atomic mass is 32.2. The molecule has 3 nitrogen and oxygen atoms in total. The van der Waals surface area contributed by atoms with Crippen molar-refractivity contribution < 1.29 is 8.42 Å². The maximum absolute atomic E-state index is 12.7. The molecule has 4 heteroatoms. The lowest BCUT2D eigenvalue weighted by molar-refractivity contribution is 0.133. The minimum Gasteiger partial charge on any atom is -0.207 e. The molecule has 0 amide bonds. The monoisotopic (exact) mass is 319 g/mol. The molecule has 2 atom stereocenters. The van der Waals surface area contributed by atoms with Crippen LogP contribution in [0.3, 0.4) is 0 Å². The lowest BCUT2D eigenvalue weighted by Crippen LogP contribution is -2.36. The topological polar surface area (TPSA) is 37.4 Å². The molecule has 1 saturated carbocycles. The van der Waals surface area contributed by atoms with Gasteiger partial charge in [0.1, 0.15) is 0 Å². The van der Waals surface area contributed by atoms with Gasteiger partial charge in [-0.25, -0.2) is 8.42 Å². The van der Waals surface area contributed by atoms with Crippen LogP contribution in [0.1, 0.15) is 45.6 Å². The van der Waals surface area contributed by atoms with Crippen molar-refractivity contribution in [3.8, 4) is 0 Å². The lowest BCUT2D eigenvalue weighted by atomic mass is 9.65. The van der Waals surface area contributed by atoms with Gasteiger partial charge < -0.3 is 0 Å². The van der Waals surface area contributed by atoms with E-state index in [-0.39, 0.29) is 16.9 Å². The van der Waals surface area contributed by atoms with E-state index in [0.717, 1.165) is 24.8 Å². The Labute approximate surface area is 134 Å². The van der Waals surface area contributed by atoms with Gasteiger partial charge in [-0.1, -0.05) is 51.1 Å². The summed E-state index contributed by atoms with van der Waals surface area (Å²) in [7, 11) is -3.35. The number of sulfonamides is 1. The summed E-state index contributed by atoms with van der Waals surface area (Å²) >= 11 is 0. The Morgan fingerprint density at radius 3 is 2.50 bits per heavy atom. The summed E-state index contributed by atoms with van der Waals surface area (Å²) in [5, 5.41) is 1.37. The number of hydrogen-bond donors (Lipinski definition) is 0. The van der Waals surface area contributed by atoms with E-state index in [1.807, 2.05) is 30.3 Å². The molecule has 22 heavy (non-hydrogen) atoms. The third-order valence-electron chi connectivity index (χ3n) is 4.93. The largest absolute Gasteiger partial charge is 0.236 e. The molecule has 1 heterocycles. The highest BCUT2D eigenvalue weighted by Crippen LogP contribution is 2.53. The molecule has 2 bridgehead atoms. The van der Waals surface area contributed by atoms with Gasteiger partial charge in [0.2, 0.25) is 10.0 Å². The van der Waals surface area contributed by atoms with Crippen LogP contribution in [0.2, 0.25) is 0 Å². The maximum Gasteiger partial charge on any atom is 0.236 e. The SMILES string of the molecule is CC1(C)CC2CC(C)(CN2S(=O)(=O)/C=C/c2ccccc2)C1. The third-order valence-corrected chi connectivity index (χ3v) is 6.49. The molecule has 0 spiro atoms. The van der Waals surface area contributed by atoms with Crippen LogP contribution in [0.5, 0.6) is 0 Å². The number of nitrogens with zero attached hydrogens (tertiary/aromatic N) is 1. The molecule has 120 valence electrons. The van der Waals surface area contributed by atoms with Gasteiger partial charge in [0.05, 0.1) is 0 Å². The fourth-order valence-corrected chi connectivity index (χ4v) is 6.05. The molecule has 2 unspecified atom stereocenters. The number of rotatable bonds is 3. The molecule has 2 fully saturated rings. The highest BCUT2D eigenvalue weighted by Gasteiger charge is 2.52. The summed E-state index contributed by atoms with van der Waals surface area (Å²) < 4.78 is 27.2. The third kappa shape index (κ3) is 3.13. The van der Waals surface area contributed by atoms with E-state index < -0.39 is 10.0 Å². The van der Waals surface area contributed by atoms with Gasteiger partial charge >= 0.3 is 0 Å². The first-order valence-corrected chi connectivity index (χ1v) is 9.45. The Morgan fingerprint density at radius 2 is 1.82 bits per heavy atom. The van der Waals surface area contributed by atoms with Crippen LogP contribution < -0.4 is 0 Å². The molecule has 1 aromatic rings. The van der Waals surface area contributed by atoms with Gasteiger partial charge in [0.15, 0.2) is 0 Å². The number of hydrogen-bond acceptors (Lipinski definition) is 2. The lowest BCUT2D eigenvalue weighted by Gasteiger charge is -2.39. The average molecular weight is 319 g/mol. The quantitative estimate of drug-likeness (QED) is 0.847. The van der Waals surface area contributed by atoms with E-state index in [1.165, 1.54) is 5.41 Å². The Morgan fingerprint density at radius 1 is 1.14 bits per heavy atom. The smallest absolute Gasteiger partial charge is 0.207 e. The molecule has 1 aliphatic carbocycles. The minimum atomic E-state index is -3.35. The first kappa shape index (κ1) is 15.8. The van der Waals surface area contributed by atoms with Gasteiger partial charge in [-0.2, -0.15) is 4.31 Å². The molecule has 0 radical (unpaired) electrons. The summed E-state index contributed by atoms with van der Waals surface area (Å²) in [6, 6.07) is 9.74. The predicted octanol–water partition coefficient (Wildman–Crippen LogP) is 3.89. The van der Waals surface area contributed by atoms with Crippen LogP contribution >= 0.6 is 0 Å². The van der Waals surface area contributed by atoms with Crippen molar-refractivity contribution in [2.45, 2.75) is 46.1 Å². The Kier molecular flexibility index (Phi) is 3.73. The first-order valence-electron chi connectivity index (χ1n) is 7.94. The molecule has 1 aliphatic heterocycles. The zero-order chi connectivity index (χ0) is 16.0. The van der Waals surface area contributed by atoms with Gasteiger partial charge in [-0.15, -0.1) is 0 Å². The zero-order valence-electron chi connectivity index (χ0n) is 13.6. The number of fused-ring (bicyclic) bond motifs is 2. The Balaban J connectivity index is 1.83. The van der Waals surface area contributed by atoms with Gasteiger partial charge in [-0.3, -0.25) is 0 Å². The average Bonchev–Trinajstić information content (AvgIpc) is 2.68. The minimum absolute atomic E-state index is 0.125. The van der Waals surface area contributed by atoms with Crippen LogP contribution in [0.15, 0.2) is 35.7 Å². The van der Waals surface area contributed by atoms with Crippen molar-refractivity contribution in [2.75, 3.05) is 6.54 Å². The van der Waals surface area contributed by atoms with Crippen LogP contribution in [0, 0.1) is 10.8 Å². The Bertz CT molecular complexity index is 678.